The van der Waals surface area contributed by atoms with Crippen molar-refractivity contribution in [2.45, 2.75) is 27.3 Å². The summed E-state index contributed by atoms with van der Waals surface area (Å²) in [5, 5.41) is 1.35. The monoisotopic (exact) mass is 541 g/mol. The van der Waals surface area contributed by atoms with Gasteiger partial charge in [-0.2, -0.15) is 0 Å². The molecule has 1 fully saturated rings. The van der Waals surface area contributed by atoms with Gasteiger partial charge in [0.1, 0.15) is 5.75 Å². The minimum absolute atomic E-state index is 0.0655. The van der Waals surface area contributed by atoms with E-state index in [1.54, 1.807) is 12.0 Å². The summed E-state index contributed by atoms with van der Waals surface area (Å²) in [4.78, 5) is 20.9. The number of carbonyl (C=O) groups excluding carboxylic acids is 1. The first-order valence-electron chi connectivity index (χ1n) is 12.3. The van der Waals surface area contributed by atoms with Gasteiger partial charge in [0, 0.05) is 22.1 Å². The van der Waals surface area contributed by atoms with Gasteiger partial charge in [-0.15, -0.1) is 0 Å². The lowest BCUT2D eigenvalue weighted by Crippen LogP contribution is -2.28. The Bertz CT molecular complexity index is 1560. The van der Waals surface area contributed by atoms with Crippen LogP contribution in [0.5, 0.6) is 5.75 Å². The zero-order valence-corrected chi connectivity index (χ0v) is 23.3. The number of ether oxygens (including phenoxy) is 1. The first-order valence-corrected chi connectivity index (χ1v) is 13.5. The molecule has 4 aromatic rings. The Morgan fingerprint density at radius 2 is 1.71 bits per heavy atom. The van der Waals surface area contributed by atoms with Gasteiger partial charge in [-0.3, -0.25) is 9.69 Å². The van der Waals surface area contributed by atoms with Crippen LogP contribution >= 0.6 is 23.4 Å². The molecule has 0 unspecified atom stereocenters. The molecule has 0 atom stereocenters. The molecule has 0 radical (unpaired) electrons. The number of methoxy groups -OCH3 is 1. The van der Waals surface area contributed by atoms with E-state index >= 15 is 0 Å². The molecule has 3 aromatic carbocycles. The van der Waals surface area contributed by atoms with Crippen LogP contribution in [0.25, 0.3) is 11.8 Å². The third-order valence-electron chi connectivity index (χ3n) is 6.54. The number of aryl methyl sites for hydroxylation is 2. The maximum Gasteiger partial charge on any atom is 0.267 e. The molecule has 0 bridgehead atoms. The first kappa shape index (κ1) is 25.9. The summed E-state index contributed by atoms with van der Waals surface area (Å²) in [5.41, 5.74) is 7.07. The van der Waals surface area contributed by atoms with E-state index in [4.69, 9.17) is 21.3 Å². The number of hydrogen-bond acceptors (Lipinski definition) is 4. The number of amidine groups is 1. The van der Waals surface area contributed by atoms with Crippen molar-refractivity contribution >= 4 is 46.2 Å². The van der Waals surface area contributed by atoms with E-state index in [0.717, 1.165) is 45.2 Å². The molecule has 7 heteroatoms. The summed E-state index contributed by atoms with van der Waals surface area (Å²) in [6.45, 7) is 6.62. The summed E-state index contributed by atoms with van der Waals surface area (Å²) >= 11 is 7.72. The predicted molar refractivity (Wildman–Crippen MR) is 158 cm³/mol. The van der Waals surface area contributed by atoms with Gasteiger partial charge in [-0.1, -0.05) is 48.0 Å². The summed E-state index contributed by atoms with van der Waals surface area (Å²) < 4.78 is 7.47. The maximum absolute atomic E-state index is 13.7. The zero-order chi connectivity index (χ0) is 26.8. The van der Waals surface area contributed by atoms with E-state index in [1.165, 1.54) is 11.8 Å². The lowest BCUT2D eigenvalue weighted by molar-refractivity contribution is -0.122. The van der Waals surface area contributed by atoms with Gasteiger partial charge < -0.3 is 9.30 Å². The van der Waals surface area contributed by atoms with Crippen molar-refractivity contribution < 1.29 is 9.53 Å². The Balaban J connectivity index is 1.52. The number of carbonyl (C=O) groups is 1. The Morgan fingerprint density at radius 1 is 0.974 bits per heavy atom. The van der Waals surface area contributed by atoms with Gasteiger partial charge >= 0.3 is 0 Å². The number of aromatic nitrogens is 1. The van der Waals surface area contributed by atoms with E-state index in [2.05, 4.69) is 31.4 Å². The van der Waals surface area contributed by atoms with Crippen LogP contribution in [0.4, 0.5) is 5.69 Å². The molecule has 0 saturated carbocycles. The Labute approximate surface area is 232 Å². The van der Waals surface area contributed by atoms with Crippen LogP contribution in [-0.4, -0.2) is 27.7 Å². The summed E-state index contributed by atoms with van der Waals surface area (Å²) in [6.07, 6.45) is 1.97. The molecular formula is C31H28ClN3O2S. The molecule has 0 N–H and O–H groups in total. The molecule has 5 rings (SSSR count). The average Bonchev–Trinajstić information content (AvgIpc) is 3.36. The second kappa shape index (κ2) is 10.9. The predicted octanol–water partition coefficient (Wildman–Crippen LogP) is 7.87. The second-order valence-corrected chi connectivity index (χ2v) is 10.6. The van der Waals surface area contributed by atoms with Gasteiger partial charge in [-0.25, -0.2) is 4.99 Å². The summed E-state index contributed by atoms with van der Waals surface area (Å²) in [5.74, 6) is 0.712. The van der Waals surface area contributed by atoms with E-state index in [9.17, 15) is 4.79 Å². The van der Waals surface area contributed by atoms with Crippen LogP contribution in [0.15, 0.2) is 88.8 Å². The van der Waals surface area contributed by atoms with Crippen LogP contribution in [0.2, 0.25) is 5.02 Å². The van der Waals surface area contributed by atoms with Gasteiger partial charge in [0.2, 0.25) is 0 Å². The average molecular weight is 542 g/mol. The van der Waals surface area contributed by atoms with Crippen molar-refractivity contribution in [3.05, 3.63) is 117 Å². The third-order valence-corrected chi connectivity index (χ3v) is 7.78. The largest absolute Gasteiger partial charge is 0.497 e. The Kier molecular flexibility index (Phi) is 7.45. The van der Waals surface area contributed by atoms with E-state index in [-0.39, 0.29) is 5.91 Å². The molecule has 1 aliphatic heterocycles. The van der Waals surface area contributed by atoms with E-state index in [0.29, 0.717) is 21.6 Å². The Hall–Kier alpha value is -3.74. The number of benzene rings is 3. The SMILES string of the molecule is COc1ccc(CN2C(=O)/C(=C/c3cc(C)n(-c4cc(Cl)ccc4C)c3C)SC2=Nc2ccccc2)cc1. The molecule has 0 spiro atoms. The molecule has 1 amide bonds. The topological polar surface area (TPSA) is 46.8 Å². The molecule has 5 nitrogen and oxygen atoms in total. The quantitative estimate of drug-likeness (QED) is 0.233. The molecule has 0 aliphatic carbocycles. The van der Waals surface area contributed by atoms with Crippen molar-refractivity contribution in [1.29, 1.82) is 0 Å². The normalized spacial score (nSPS) is 15.6. The second-order valence-electron chi connectivity index (χ2n) is 9.17. The Morgan fingerprint density at radius 3 is 2.42 bits per heavy atom. The van der Waals surface area contributed by atoms with E-state index < -0.39 is 0 Å². The van der Waals surface area contributed by atoms with Crippen molar-refractivity contribution in [3.63, 3.8) is 0 Å². The molecule has 38 heavy (non-hydrogen) atoms. The van der Waals surface area contributed by atoms with Gasteiger partial charge in [0.15, 0.2) is 5.17 Å². The highest BCUT2D eigenvalue weighted by atomic mass is 35.5. The number of hydrogen-bond donors (Lipinski definition) is 0. The standard InChI is InChI=1S/C31H28ClN3O2S/c1-20-10-13-25(32)18-28(20)35-21(2)16-24(22(35)3)17-29-30(36)34(19-23-11-14-27(37-4)15-12-23)31(38-29)33-26-8-6-5-7-9-26/h5-18H,19H2,1-4H3/b29-17-,33-31?. The molecule has 1 aliphatic rings. The number of halogens is 1. The molecular weight excluding hydrogens is 514 g/mol. The van der Waals surface area contributed by atoms with Crippen LogP contribution in [0.3, 0.4) is 0 Å². The number of aliphatic imine (C=N–C) groups is 1. The minimum atomic E-state index is -0.0655. The maximum atomic E-state index is 13.7. The third kappa shape index (κ3) is 5.28. The number of amides is 1. The van der Waals surface area contributed by atoms with Crippen LogP contribution in [-0.2, 0) is 11.3 Å². The number of nitrogens with zero attached hydrogens (tertiary/aromatic N) is 3. The number of thioether (sulfide) groups is 1. The van der Waals surface area contributed by atoms with Crippen molar-refractivity contribution in [2.24, 2.45) is 4.99 Å². The highest BCUT2D eigenvalue weighted by Crippen LogP contribution is 2.36. The van der Waals surface area contributed by atoms with Gasteiger partial charge in [0.25, 0.3) is 5.91 Å². The lowest BCUT2D eigenvalue weighted by atomic mass is 10.2. The van der Waals surface area contributed by atoms with Crippen LogP contribution in [0, 0.1) is 20.8 Å². The van der Waals surface area contributed by atoms with Gasteiger partial charge in [-0.05, 0) is 97.8 Å². The highest BCUT2D eigenvalue weighted by molar-refractivity contribution is 8.18. The minimum Gasteiger partial charge on any atom is -0.497 e. The number of para-hydroxylation sites is 1. The van der Waals surface area contributed by atoms with E-state index in [1.807, 2.05) is 78.9 Å². The van der Waals surface area contributed by atoms with Crippen molar-refractivity contribution in [1.82, 2.24) is 9.47 Å². The smallest absolute Gasteiger partial charge is 0.267 e. The van der Waals surface area contributed by atoms with Crippen LogP contribution < -0.4 is 4.74 Å². The number of rotatable bonds is 6. The van der Waals surface area contributed by atoms with Gasteiger partial charge in [0.05, 0.1) is 24.2 Å². The molecule has 1 saturated heterocycles. The molecule has 1 aromatic heterocycles. The summed E-state index contributed by atoms with van der Waals surface area (Å²) in [7, 11) is 1.64. The van der Waals surface area contributed by atoms with Crippen molar-refractivity contribution in [3.8, 4) is 11.4 Å². The fraction of sp³-hybridized carbons (Fsp3) is 0.161. The fourth-order valence-corrected chi connectivity index (χ4v) is 5.68. The lowest BCUT2D eigenvalue weighted by Gasteiger charge is -2.16. The zero-order valence-electron chi connectivity index (χ0n) is 21.7. The fourth-order valence-electron chi connectivity index (χ4n) is 4.53. The highest BCUT2D eigenvalue weighted by Gasteiger charge is 2.34. The van der Waals surface area contributed by atoms with Crippen molar-refractivity contribution in [2.75, 3.05) is 7.11 Å². The van der Waals surface area contributed by atoms with Crippen LogP contribution in [0.1, 0.15) is 28.1 Å². The summed E-state index contributed by atoms with van der Waals surface area (Å²) in [6, 6.07) is 25.5. The molecule has 2 heterocycles. The molecule has 192 valence electrons. The first-order chi connectivity index (χ1) is 18.3.